The van der Waals surface area contributed by atoms with Crippen molar-refractivity contribution in [3.8, 4) is 0 Å². The number of nitrogens with two attached hydrogens (primary N) is 1. The summed E-state index contributed by atoms with van der Waals surface area (Å²) in [6.07, 6.45) is 1.75. The number of rotatable bonds is 1. The van der Waals surface area contributed by atoms with Crippen molar-refractivity contribution in [3.05, 3.63) is 74.4 Å². The number of hydrogen-bond acceptors (Lipinski definition) is 1. The van der Waals surface area contributed by atoms with Crippen molar-refractivity contribution in [1.82, 2.24) is 0 Å². The van der Waals surface area contributed by atoms with Crippen LogP contribution in [0.3, 0.4) is 0 Å². The lowest BCUT2D eigenvalue weighted by atomic mass is 10.3. The number of carbonyl (C=O) groups is 1. The summed E-state index contributed by atoms with van der Waals surface area (Å²) in [6, 6.07) is 12.0. The van der Waals surface area contributed by atoms with Crippen LogP contribution < -0.4 is 5.73 Å². The highest BCUT2D eigenvalue weighted by atomic mass is 16.1. The van der Waals surface area contributed by atoms with Gasteiger partial charge in [-0.05, 0) is 13.8 Å². The van der Waals surface area contributed by atoms with Gasteiger partial charge in [0.05, 0.1) is 0 Å². The molecule has 0 unspecified atom stereocenters. The second-order valence-electron chi connectivity index (χ2n) is 2.71. The van der Waals surface area contributed by atoms with Gasteiger partial charge in [0.2, 0.25) is 5.91 Å². The molecule has 0 fully saturated rings. The topological polar surface area (TPSA) is 43.1 Å². The Labute approximate surface area is 105 Å². The molecule has 0 aromatic heterocycles. The molecule has 1 rings (SSSR count). The van der Waals surface area contributed by atoms with Crippen LogP contribution >= 0.6 is 0 Å². The molecular formula is C15H23NO. The molecule has 0 aliphatic rings. The molecule has 0 heterocycles. The molecule has 2 nitrogen and oxygen atoms in total. The molecule has 0 spiro atoms. The summed E-state index contributed by atoms with van der Waals surface area (Å²) in [5, 5.41) is 0. The molecule has 1 amide bonds. The molecule has 17 heavy (non-hydrogen) atoms. The Morgan fingerprint density at radius 2 is 1.18 bits per heavy atom. The normalized spacial score (nSPS) is 6.47. The lowest BCUT2D eigenvalue weighted by Gasteiger charge is -1.81. The van der Waals surface area contributed by atoms with Crippen molar-refractivity contribution in [3.63, 3.8) is 0 Å². The molecule has 0 saturated carbocycles. The third kappa shape index (κ3) is 31.5. The average molecular weight is 233 g/mol. The Bertz CT molecular complexity index is 252. The van der Waals surface area contributed by atoms with Crippen molar-refractivity contribution >= 4 is 5.91 Å². The van der Waals surface area contributed by atoms with Gasteiger partial charge in [-0.2, -0.15) is 0 Å². The highest BCUT2D eigenvalue weighted by molar-refractivity contribution is 5.90. The van der Waals surface area contributed by atoms with E-state index in [9.17, 15) is 4.79 Å². The highest BCUT2D eigenvalue weighted by Gasteiger charge is 1.86. The molecule has 0 radical (unpaired) electrons. The van der Waals surface area contributed by atoms with Gasteiger partial charge in [0.25, 0.3) is 0 Å². The van der Waals surface area contributed by atoms with Crippen molar-refractivity contribution in [2.45, 2.75) is 13.8 Å². The van der Waals surface area contributed by atoms with E-state index < -0.39 is 5.91 Å². The highest BCUT2D eigenvalue weighted by Crippen LogP contribution is 1.80. The lowest BCUT2D eigenvalue weighted by Crippen LogP contribution is -2.10. The van der Waals surface area contributed by atoms with E-state index in [4.69, 9.17) is 5.73 Å². The zero-order valence-corrected chi connectivity index (χ0v) is 10.9. The molecule has 0 atom stereocenters. The lowest BCUT2D eigenvalue weighted by molar-refractivity contribution is -0.114. The fraction of sp³-hybridized carbons (Fsp3) is 0.133. The van der Waals surface area contributed by atoms with Crippen LogP contribution in [0.4, 0.5) is 0 Å². The van der Waals surface area contributed by atoms with Crippen LogP contribution in [-0.4, -0.2) is 5.91 Å². The van der Waals surface area contributed by atoms with Crippen LogP contribution in [0.25, 0.3) is 0 Å². The first kappa shape index (κ1) is 20.3. The average Bonchev–Trinajstić information content (AvgIpc) is 2.35. The molecule has 2 N–H and O–H groups in total. The van der Waals surface area contributed by atoms with Gasteiger partial charge in [0.15, 0.2) is 0 Å². The van der Waals surface area contributed by atoms with Gasteiger partial charge >= 0.3 is 0 Å². The van der Waals surface area contributed by atoms with Crippen LogP contribution in [0.2, 0.25) is 0 Å². The number of amides is 1. The third-order valence-electron chi connectivity index (χ3n) is 1.09. The van der Waals surface area contributed by atoms with E-state index in [0.717, 1.165) is 0 Å². The molecule has 1 aromatic carbocycles. The monoisotopic (exact) mass is 233 g/mol. The second kappa shape index (κ2) is 19.5. The number of carbonyl (C=O) groups excluding carboxylic acids is 1. The van der Waals surface area contributed by atoms with Crippen LogP contribution in [0, 0.1) is 0 Å². The third-order valence-corrected chi connectivity index (χ3v) is 1.09. The predicted octanol–water partition coefficient (Wildman–Crippen LogP) is 3.73. The zero-order chi connectivity index (χ0) is 14.1. The molecule has 0 aliphatic carbocycles. The zero-order valence-electron chi connectivity index (χ0n) is 10.9. The van der Waals surface area contributed by atoms with Gasteiger partial charge in [0, 0.05) is 5.57 Å². The van der Waals surface area contributed by atoms with Crippen LogP contribution in [0.1, 0.15) is 13.8 Å². The number of primary amides is 1. The smallest absolute Gasteiger partial charge is 0.243 e. The van der Waals surface area contributed by atoms with Crippen molar-refractivity contribution < 1.29 is 4.79 Å². The van der Waals surface area contributed by atoms with E-state index in [2.05, 4.69) is 26.3 Å². The summed E-state index contributed by atoms with van der Waals surface area (Å²) in [4.78, 5) is 9.82. The molecule has 2 heteroatoms. The van der Waals surface area contributed by atoms with E-state index >= 15 is 0 Å². The minimum absolute atomic E-state index is 0.398. The molecule has 0 saturated heterocycles. The maximum absolute atomic E-state index is 9.82. The number of hydrogen-bond donors (Lipinski definition) is 1. The Morgan fingerprint density at radius 1 is 1.06 bits per heavy atom. The summed E-state index contributed by atoms with van der Waals surface area (Å²) in [7, 11) is 0. The van der Waals surface area contributed by atoms with E-state index in [0.29, 0.717) is 5.57 Å². The van der Waals surface area contributed by atoms with E-state index in [1.54, 1.807) is 13.0 Å². The maximum Gasteiger partial charge on any atom is 0.243 e. The standard InChI is InChI=1S/C6H6.C4H7NO.C3H6.C2H4/c1-2-4-6-5-3-1;1-3(2)4(5)6;1-3-2;1-2/h1-6H;1H2,2H3,(H2,5,6);3H,1H2,2H3;1-2H2. The maximum atomic E-state index is 9.82. The molecule has 1 aromatic rings. The van der Waals surface area contributed by atoms with Crippen LogP contribution in [-0.2, 0) is 4.79 Å². The summed E-state index contributed by atoms with van der Waals surface area (Å²) in [5.74, 6) is -0.435. The van der Waals surface area contributed by atoms with Crippen molar-refractivity contribution in [1.29, 1.82) is 0 Å². The Hall–Kier alpha value is -2.09. The number of allylic oxidation sites excluding steroid dienone is 1. The molecule has 0 aliphatic heterocycles. The molecule has 94 valence electrons. The van der Waals surface area contributed by atoms with Gasteiger partial charge in [-0.1, -0.05) is 49.1 Å². The fourth-order valence-corrected chi connectivity index (χ4v) is 0.385. The first-order chi connectivity index (χ1) is 8.06. The minimum atomic E-state index is -0.435. The van der Waals surface area contributed by atoms with Crippen LogP contribution in [0.15, 0.2) is 74.4 Å². The van der Waals surface area contributed by atoms with Gasteiger partial charge in [-0.25, -0.2) is 0 Å². The first-order valence-corrected chi connectivity index (χ1v) is 5.08. The predicted molar refractivity (Wildman–Crippen MR) is 77.6 cm³/mol. The summed E-state index contributed by atoms with van der Waals surface area (Å²) < 4.78 is 0. The van der Waals surface area contributed by atoms with Gasteiger partial charge in [0.1, 0.15) is 0 Å². The summed E-state index contributed by atoms with van der Waals surface area (Å²) >= 11 is 0. The van der Waals surface area contributed by atoms with Gasteiger partial charge in [-0.3, -0.25) is 4.79 Å². The van der Waals surface area contributed by atoms with Crippen LogP contribution in [0.5, 0.6) is 0 Å². The Balaban J connectivity index is -0.000000169. The van der Waals surface area contributed by atoms with Gasteiger partial charge < -0.3 is 5.73 Å². The fourth-order valence-electron chi connectivity index (χ4n) is 0.385. The first-order valence-electron chi connectivity index (χ1n) is 5.08. The quantitative estimate of drug-likeness (QED) is 0.583. The summed E-state index contributed by atoms with van der Waals surface area (Å²) in [6.45, 7) is 16.1. The molecule has 0 bridgehead atoms. The van der Waals surface area contributed by atoms with E-state index in [1.807, 2.05) is 43.3 Å². The van der Waals surface area contributed by atoms with Gasteiger partial charge in [-0.15, -0.1) is 19.7 Å². The van der Waals surface area contributed by atoms with Crippen molar-refractivity contribution in [2.24, 2.45) is 5.73 Å². The minimum Gasteiger partial charge on any atom is -0.366 e. The summed E-state index contributed by atoms with van der Waals surface area (Å²) in [5.41, 5.74) is 5.09. The van der Waals surface area contributed by atoms with E-state index in [1.165, 1.54) is 0 Å². The van der Waals surface area contributed by atoms with Crippen molar-refractivity contribution in [2.75, 3.05) is 0 Å². The Morgan fingerprint density at radius 3 is 1.24 bits per heavy atom. The largest absolute Gasteiger partial charge is 0.366 e. The van der Waals surface area contributed by atoms with E-state index in [-0.39, 0.29) is 0 Å². The number of benzene rings is 1. The SMILES string of the molecule is C=C.C=C(C)C(N)=O.C=CC.c1ccccc1. The Kier molecular flexibility index (Phi) is 23.3. The molecular weight excluding hydrogens is 210 g/mol. The second-order valence-corrected chi connectivity index (χ2v) is 2.71.